The second-order valence-electron chi connectivity index (χ2n) is 6.41. The van der Waals surface area contributed by atoms with Gasteiger partial charge in [-0.1, -0.05) is 43.0 Å². The van der Waals surface area contributed by atoms with Gasteiger partial charge in [-0.25, -0.2) is 0 Å². The second-order valence-corrected chi connectivity index (χ2v) is 6.84. The third-order valence-corrected chi connectivity index (χ3v) is 4.80. The molecule has 124 valence electrons. The number of carbonyl (C=O) groups is 1. The zero-order chi connectivity index (χ0) is 16.9. The van der Waals surface area contributed by atoms with Crippen LogP contribution in [-0.4, -0.2) is 17.5 Å². The number of rotatable bonds is 5. The van der Waals surface area contributed by atoms with Crippen LogP contribution in [0.2, 0.25) is 5.02 Å². The molecule has 1 aromatic carbocycles. The van der Waals surface area contributed by atoms with Crippen LogP contribution in [-0.2, 0) is 4.79 Å². The molecule has 1 aliphatic carbocycles. The third kappa shape index (κ3) is 4.70. The molecule has 1 aliphatic rings. The molecule has 1 saturated carbocycles. The molecule has 0 heterocycles. The van der Waals surface area contributed by atoms with Crippen molar-refractivity contribution in [2.24, 2.45) is 0 Å². The molecule has 0 aliphatic heterocycles. The SMILES string of the molecule is C[C@@H](N[C@H](C)c1ccc(Cl)cc1)C(=O)NC1(C#N)CCCCC1. The van der Waals surface area contributed by atoms with Gasteiger partial charge in [-0.15, -0.1) is 0 Å². The number of carbonyl (C=O) groups excluding carboxylic acids is 1. The van der Waals surface area contributed by atoms with E-state index >= 15 is 0 Å². The van der Waals surface area contributed by atoms with Crippen LogP contribution in [0.4, 0.5) is 0 Å². The Labute approximate surface area is 143 Å². The molecule has 23 heavy (non-hydrogen) atoms. The first-order valence-electron chi connectivity index (χ1n) is 8.20. The van der Waals surface area contributed by atoms with Crippen molar-refractivity contribution in [3.63, 3.8) is 0 Å². The zero-order valence-corrected chi connectivity index (χ0v) is 14.5. The van der Waals surface area contributed by atoms with Crippen molar-refractivity contribution in [2.75, 3.05) is 0 Å². The summed E-state index contributed by atoms with van der Waals surface area (Å²) in [7, 11) is 0. The summed E-state index contributed by atoms with van der Waals surface area (Å²) in [4.78, 5) is 12.5. The first-order valence-corrected chi connectivity index (χ1v) is 8.58. The predicted molar refractivity (Wildman–Crippen MR) is 92.0 cm³/mol. The molecule has 1 fully saturated rings. The van der Waals surface area contributed by atoms with E-state index in [1.807, 2.05) is 38.1 Å². The quantitative estimate of drug-likeness (QED) is 0.863. The lowest BCUT2D eigenvalue weighted by Crippen LogP contribution is -2.54. The van der Waals surface area contributed by atoms with Gasteiger partial charge < -0.3 is 5.32 Å². The second kappa shape index (κ2) is 7.81. The van der Waals surface area contributed by atoms with Crippen LogP contribution in [0.5, 0.6) is 0 Å². The van der Waals surface area contributed by atoms with Crippen LogP contribution < -0.4 is 10.6 Å². The number of hydrogen-bond acceptors (Lipinski definition) is 3. The molecule has 0 unspecified atom stereocenters. The van der Waals surface area contributed by atoms with Crippen LogP contribution in [0.25, 0.3) is 0 Å². The molecule has 0 spiro atoms. The highest BCUT2D eigenvalue weighted by molar-refractivity contribution is 6.30. The van der Waals surface area contributed by atoms with E-state index in [1.54, 1.807) is 0 Å². The number of halogens is 1. The van der Waals surface area contributed by atoms with Crippen molar-refractivity contribution in [3.05, 3.63) is 34.9 Å². The number of hydrogen-bond donors (Lipinski definition) is 2. The van der Waals surface area contributed by atoms with E-state index < -0.39 is 5.54 Å². The topological polar surface area (TPSA) is 64.9 Å². The monoisotopic (exact) mass is 333 g/mol. The lowest BCUT2D eigenvalue weighted by atomic mass is 9.82. The molecule has 2 rings (SSSR count). The fourth-order valence-electron chi connectivity index (χ4n) is 3.06. The van der Waals surface area contributed by atoms with Gasteiger partial charge in [0.05, 0.1) is 12.1 Å². The smallest absolute Gasteiger partial charge is 0.238 e. The lowest BCUT2D eigenvalue weighted by Gasteiger charge is -2.33. The summed E-state index contributed by atoms with van der Waals surface area (Å²) in [6.45, 7) is 3.84. The van der Waals surface area contributed by atoms with Crippen molar-refractivity contribution in [2.45, 2.75) is 63.6 Å². The fraction of sp³-hybridized carbons (Fsp3) is 0.556. The number of benzene rings is 1. The normalized spacial score (nSPS) is 19.4. The van der Waals surface area contributed by atoms with E-state index in [0.29, 0.717) is 5.02 Å². The van der Waals surface area contributed by atoms with E-state index in [9.17, 15) is 10.1 Å². The van der Waals surface area contributed by atoms with Gasteiger partial charge in [-0.2, -0.15) is 5.26 Å². The summed E-state index contributed by atoms with van der Waals surface area (Å²) in [5.41, 5.74) is 0.385. The highest BCUT2D eigenvalue weighted by Crippen LogP contribution is 2.27. The van der Waals surface area contributed by atoms with E-state index in [0.717, 1.165) is 37.7 Å². The molecular formula is C18H24ClN3O. The largest absolute Gasteiger partial charge is 0.336 e. The molecule has 5 heteroatoms. The van der Waals surface area contributed by atoms with E-state index in [1.165, 1.54) is 0 Å². The Morgan fingerprint density at radius 2 is 1.83 bits per heavy atom. The van der Waals surface area contributed by atoms with E-state index in [-0.39, 0.29) is 18.0 Å². The number of amides is 1. The predicted octanol–water partition coefficient (Wildman–Crippen LogP) is 3.72. The van der Waals surface area contributed by atoms with Gasteiger partial charge in [0.1, 0.15) is 5.54 Å². The highest BCUT2D eigenvalue weighted by atomic mass is 35.5. The van der Waals surface area contributed by atoms with Crippen molar-refractivity contribution >= 4 is 17.5 Å². The Kier molecular flexibility index (Phi) is 6.04. The summed E-state index contributed by atoms with van der Waals surface area (Å²) in [6.07, 6.45) is 4.62. The van der Waals surface area contributed by atoms with Gasteiger partial charge in [-0.3, -0.25) is 10.1 Å². The maximum Gasteiger partial charge on any atom is 0.238 e. The Morgan fingerprint density at radius 1 is 1.22 bits per heavy atom. The molecule has 1 amide bonds. The molecule has 2 atom stereocenters. The summed E-state index contributed by atoms with van der Waals surface area (Å²) >= 11 is 5.90. The molecule has 0 radical (unpaired) electrons. The molecule has 2 N–H and O–H groups in total. The van der Waals surface area contributed by atoms with Crippen LogP contribution in [0.3, 0.4) is 0 Å². The van der Waals surface area contributed by atoms with E-state index in [2.05, 4.69) is 16.7 Å². The van der Waals surface area contributed by atoms with Crippen molar-refractivity contribution in [1.82, 2.24) is 10.6 Å². The molecule has 4 nitrogen and oxygen atoms in total. The highest BCUT2D eigenvalue weighted by Gasteiger charge is 2.34. The van der Waals surface area contributed by atoms with Crippen molar-refractivity contribution in [1.29, 1.82) is 5.26 Å². The maximum absolute atomic E-state index is 12.5. The van der Waals surface area contributed by atoms with Crippen molar-refractivity contribution < 1.29 is 4.79 Å². The van der Waals surface area contributed by atoms with Gasteiger partial charge in [0.2, 0.25) is 5.91 Å². The summed E-state index contributed by atoms with van der Waals surface area (Å²) in [5, 5.41) is 16.4. The average molecular weight is 334 g/mol. The first kappa shape index (κ1) is 17.8. The van der Waals surface area contributed by atoms with Gasteiger partial charge in [0.15, 0.2) is 0 Å². The van der Waals surface area contributed by atoms with Crippen LogP contribution >= 0.6 is 11.6 Å². The Hall–Kier alpha value is -1.57. The Balaban J connectivity index is 1.94. The number of nitrogens with zero attached hydrogens (tertiary/aromatic N) is 1. The summed E-state index contributed by atoms with van der Waals surface area (Å²) in [6, 6.07) is 9.55. The average Bonchev–Trinajstić information content (AvgIpc) is 2.56. The zero-order valence-electron chi connectivity index (χ0n) is 13.7. The summed E-state index contributed by atoms with van der Waals surface area (Å²) in [5.74, 6) is -0.116. The molecule has 0 aromatic heterocycles. The molecule has 1 aromatic rings. The minimum atomic E-state index is -0.686. The van der Waals surface area contributed by atoms with Gasteiger partial charge in [0.25, 0.3) is 0 Å². The molecule has 0 saturated heterocycles. The fourth-order valence-corrected chi connectivity index (χ4v) is 3.19. The minimum Gasteiger partial charge on any atom is -0.336 e. The molecule has 0 bridgehead atoms. The minimum absolute atomic E-state index is 0.0254. The number of nitriles is 1. The van der Waals surface area contributed by atoms with Crippen LogP contribution in [0.1, 0.15) is 57.6 Å². The van der Waals surface area contributed by atoms with Gasteiger partial charge in [-0.05, 0) is 44.4 Å². The van der Waals surface area contributed by atoms with Gasteiger partial charge >= 0.3 is 0 Å². The maximum atomic E-state index is 12.5. The Morgan fingerprint density at radius 3 is 2.39 bits per heavy atom. The Bertz CT molecular complexity index is 573. The summed E-state index contributed by atoms with van der Waals surface area (Å²) < 4.78 is 0. The van der Waals surface area contributed by atoms with Crippen LogP contribution in [0.15, 0.2) is 24.3 Å². The number of nitrogens with one attached hydrogen (secondary N) is 2. The van der Waals surface area contributed by atoms with Crippen molar-refractivity contribution in [3.8, 4) is 6.07 Å². The van der Waals surface area contributed by atoms with E-state index in [4.69, 9.17) is 11.6 Å². The lowest BCUT2D eigenvalue weighted by molar-refractivity contribution is -0.124. The first-order chi connectivity index (χ1) is 11.0. The standard InChI is InChI=1S/C18H24ClN3O/c1-13(15-6-8-16(19)9-7-15)21-14(2)17(23)22-18(12-20)10-4-3-5-11-18/h6-9,13-14,21H,3-5,10-11H2,1-2H3,(H,22,23)/t13-,14-/m1/s1. The third-order valence-electron chi connectivity index (χ3n) is 4.55. The van der Waals surface area contributed by atoms with Crippen LogP contribution in [0, 0.1) is 11.3 Å². The molecular weight excluding hydrogens is 310 g/mol. The van der Waals surface area contributed by atoms with Gasteiger partial charge in [0, 0.05) is 11.1 Å².